The zero-order valence-corrected chi connectivity index (χ0v) is 27.0. The van der Waals surface area contributed by atoms with E-state index in [0.29, 0.717) is 55.7 Å². The van der Waals surface area contributed by atoms with Crippen molar-refractivity contribution >= 4 is 11.9 Å². The van der Waals surface area contributed by atoms with Gasteiger partial charge in [-0.1, -0.05) is 25.7 Å². The van der Waals surface area contributed by atoms with E-state index in [1.54, 1.807) is 19.0 Å². The van der Waals surface area contributed by atoms with E-state index in [2.05, 4.69) is 5.32 Å². The number of aryl methyl sites for hydroxylation is 2. The highest BCUT2D eigenvalue weighted by molar-refractivity contribution is 5.82. The van der Waals surface area contributed by atoms with E-state index in [4.69, 9.17) is 0 Å². The van der Waals surface area contributed by atoms with Gasteiger partial charge in [-0.3, -0.25) is 14.4 Å². The standard InChI is InChI=1S/C35H39F6N3O4/c1-20-13-27(37)25-16-24(20)33-21(14-23(36)15-28(33)38)9-7-5-4-6-8-10-30(34(48)42-29(25)18-32(46)47)44-19-22(11-12-43(2)3)26(17-31(44)45)35(39,40)41/h13-17,19,29-30H,4-12,18H2,1-3H3,(H,42,48)(H,46,47)/t29-,30-/m0/s1. The molecule has 48 heavy (non-hydrogen) atoms. The lowest BCUT2D eigenvalue weighted by atomic mass is 9.89. The van der Waals surface area contributed by atoms with Crippen LogP contribution in [0.5, 0.6) is 0 Å². The topological polar surface area (TPSA) is 91.6 Å². The van der Waals surface area contributed by atoms with Gasteiger partial charge in [0.25, 0.3) is 5.56 Å². The maximum Gasteiger partial charge on any atom is 0.416 e. The Morgan fingerprint density at radius 3 is 2.33 bits per heavy atom. The van der Waals surface area contributed by atoms with Gasteiger partial charge < -0.3 is 19.9 Å². The average molecular weight is 680 g/mol. The largest absolute Gasteiger partial charge is 0.481 e. The van der Waals surface area contributed by atoms with Gasteiger partial charge in [0.15, 0.2) is 0 Å². The van der Waals surface area contributed by atoms with E-state index >= 15 is 8.78 Å². The molecule has 0 spiro atoms. The summed E-state index contributed by atoms with van der Waals surface area (Å²) >= 11 is 0. The Bertz CT molecular complexity index is 1720. The maximum absolute atomic E-state index is 15.6. The van der Waals surface area contributed by atoms with Crippen molar-refractivity contribution in [3.05, 3.63) is 92.2 Å². The summed E-state index contributed by atoms with van der Waals surface area (Å²) in [5, 5.41) is 12.3. The van der Waals surface area contributed by atoms with E-state index in [0.717, 1.165) is 22.9 Å². The van der Waals surface area contributed by atoms with Gasteiger partial charge in [0.05, 0.1) is 18.0 Å². The van der Waals surface area contributed by atoms with Crippen LogP contribution in [0.1, 0.15) is 84.8 Å². The van der Waals surface area contributed by atoms with Crippen molar-refractivity contribution < 1.29 is 41.0 Å². The van der Waals surface area contributed by atoms with Crippen molar-refractivity contribution in [1.82, 2.24) is 14.8 Å². The molecule has 2 heterocycles. The normalized spacial score (nSPS) is 18.0. The number of rotatable bonds is 6. The highest BCUT2D eigenvalue weighted by Crippen LogP contribution is 2.36. The van der Waals surface area contributed by atoms with Crippen LogP contribution in [0, 0.1) is 24.4 Å². The molecule has 13 heteroatoms. The number of aliphatic carboxylic acids is 1. The van der Waals surface area contributed by atoms with Crippen molar-refractivity contribution in [3.8, 4) is 11.1 Å². The van der Waals surface area contributed by atoms with Crippen LogP contribution >= 0.6 is 0 Å². The fraction of sp³-hybridized carbons (Fsp3) is 0.457. The van der Waals surface area contributed by atoms with Gasteiger partial charge in [0.2, 0.25) is 5.91 Å². The Kier molecular flexibility index (Phi) is 11.8. The molecule has 0 saturated heterocycles. The molecule has 4 rings (SSSR count). The Balaban J connectivity index is 1.87. The van der Waals surface area contributed by atoms with Crippen LogP contribution in [0.4, 0.5) is 26.3 Å². The number of hydrogen-bond acceptors (Lipinski definition) is 4. The second kappa shape index (κ2) is 15.4. The summed E-state index contributed by atoms with van der Waals surface area (Å²) in [5.74, 6) is -4.83. The zero-order chi connectivity index (χ0) is 35.3. The number of aromatic nitrogens is 1. The lowest BCUT2D eigenvalue weighted by Gasteiger charge is -2.26. The smallest absolute Gasteiger partial charge is 0.416 e. The molecule has 0 radical (unpaired) electrons. The summed E-state index contributed by atoms with van der Waals surface area (Å²) in [6, 6.07) is 1.88. The van der Waals surface area contributed by atoms with E-state index in [1.807, 2.05) is 0 Å². The minimum Gasteiger partial charge on any atom is -0.481 e. The molecule has 260 valence electrons. The first-order chi connectivity index (χ1) is 22.6. The van der Waals surface area contributed by atoms with E-state index < -0.39 is 65.1 Å². The predicted molar refractivity (Wildman–Crippen MR) is 168 cm³/mol. The number of amides is 1. The predicted octanol–water partition coefficient (Wildman–Crippen LogP) is 7.13. The van der Waals surface area contributed by atoms with Gasteiger partial charge in [-0.25, -0.2) is 13.2 Å². The zero-order valence-electron chi connectivity index (χ0n) is 27.0. The molecule has 3 aromatic rings. The second-order valence-electron chi connectivity index (χ2n) is 12.6. The summed E-state index contributed by atoms with van der Waals surface area (Å²) < 4.78 is 88.1. The number of benzene rings is 2. The SMILES string of the molecule is Cc1cc(F)c2cc1-c1c(F)cc(F)cc1CCCCCCC[C@H](n1cc(CCN(C)C)c(C(F)(F)F)cc1=O)C(=O)N[C@H]2CC(=O)O. The number of carboxylic acids is 1. The Morgan fingerprint density at radius 2 is 1.67 bits per heavy atom. The molecule has 0 aliphatic carbocycles. The quantitative estimate of drug-likeness (QED) is 0.271. The van der Waals surface area contributed by atoms with Gasteiger partial charge >= 0.3 is 12.1 Å². The molecule has 0 unspecified atom stereocenters. The van der Waals surface area contributed by atoms with E-state index in [9.17, 15) is 37.1 Å². The third kappa shape index (κ3) is 8.86. The minimum absolute atomic E-state index is 0.0326. The van der Waals surface area contributed by atoms with Gasteiger partial charge in [-0.2, -0.15) is 13.2 Å². The number of nitrogens with zero attached hydrogens (tertiary/aromatic N) is 2. The van der Waals surface area contributed by atoms with Crippen molar-refractivity contribution in [3.63, 3.8) is 0 Å². The summed E-state index contributed by atoms with van der Waals surface area (Å²) in [5.41, 5.74) is -1.75. The van der Waals surface area contributed by atoms with Crippen LogP contribution in [-0.2, 0) is 28.6 Å². The highest BCUT2D eigenvalue weighted by Gasteiger charge is 2.36. The van der Waals surface area contributed by atoms with Crippen LogP contribution in [0.2, 0.25) is 0 Å². The monoisotopic (exact) mass is 679 g/mol. The minimum atomic E-state index is -4.82. The Labute approximate surface area is 274 Å². The van der Waals surface area contributed by atoms with Crippen LogP contribution in [0.25, 0.3) is 11.1 Å². The molecule has 2 bridgehead atoms. The lowest BCUT2D eigenvalue weighted by Crippen LogP contribution is -2.40. The van der Waals surface area contributed by atoms with Crippen molar-refractivity contribution in [2.24, 2.45) is 0 Å². The molecule has 2 N–H and O–H groups in total. The highest BCUT2D eigenvalue weighted by atomic mass is 19.4. The third-order valence-electron chi connectivity index (χ3n) is 8.68. The number of carbonyl (C=O) groups excluding carboxylic acids is 1. The first-order valence-electron chi connectivity index (χ1n) is 15.8. The maximum atomic E-state index is 15.6. The fourth-order valence-corrected chi connectivity index (χ4v) is 6.26. The fourth-order valence-electron chi connectivity index (χ4n) is 6.26. The van der Waals surface area contributed by atoms with Crippen LogP contribution < -0.4 is 10.9 Å². The number of fused-ring (bicyclic) bond motifs is 4. The Morgan fingerprint density at radius 1 is 0.979 bits per heavy atom. The first kappa shape index (κ1) is 36.7. The molecule has 0 fully saturated rings. The molecule has 7 nitrogen and oxygen atoms in total. The van der Waals surface area contributed by atoms with Crippen LogP contribution in [0.3, 0.4) is 0 Å². The number of pyridine rings is 1. The molecule has 1 aliphatic rings. The number of likely N-dealkylation sites (N-methyl/N-ethyl adjacent to an activating group) is 1. The van der Waals surface area contributed by atoms with Gasteiger partial charge in [-0.05, 0) is 87.2 Å². The van der Waals surface area contributed by atoms with Crippen molar-refractivity contribution in [2.45, 2.75) is 83.0 Å². The molecule has 1 amide bonds. The summed E-state index contributed by atoms with van der Waals surface area (Å²) in [6.45, 7) is 1.75. The summed E-state index contributed by atoms with van der Waals surface area (Å²) in [4.78, 5) is 40.8. The number of carbonyl (C=O) groups is 2. The van der Waals surface area contributed by atoms with Crippen LogP contribution in [0.15, 0.2) is 41.3 Å². The molecule has 2 aromatic carbocycles. The van der Waals surface area contributed by atoms with Crippen LogP contribution in [-0.4, -0.2) is 47.1 Å². The van der Waals surface area contributed by atoms with E-state index in [1.165, 1.54) is 19.1 Å². The molecule has 0 saturated carbocycles. The Hall–Kier alpha value is -4.13. The third-order valence-corrected chi connectivity index (χ3v) is 8.68. The molecular formula is C35H39F6N3O4. The summed E-state index contributed by atoms with van der Waals surface area (Å²) in [7, 11) is 3.37. The first-order valence-corrected chi connectivity index (χ1v) is 15.8. The number of halogens is 6. The molecule has 1 aliphatic heterocycles. The van der Waals surface area contributed by atoms with E-state index in [-0.39, 0.29) is 41.6 Å². The summed E-state index contributed by atoms with van der Waals surface area (Å²) in [6.07, 6.45) is -1.47. The molecule has 1 aromatic heterocycles. The number of nitrogens with one attached hydrogen (secondary N) is 1. The van der Waals surface area contributed by atoms with Gasteiger partial charge in [-0.15, -0.1) is 0 Å². The van der Waals surface area contributed by atoms with Crippen molar-refractivity contribution in [2.75, 3.05) is 20.6 Å². The number of alkyl halides is 3. The van der Waals surface area contributed by atoms with Crippen molar-refractivity contribution in [1.29, 1.82) is 0 Å². The van der Waals surface area contributed by atoms with Gasteiger partial charge in [0.1, 0.15) is 23.5 Å². The number of carboxylic acid groups (broad SMARTS) is 1. The number of hydrogen-bond donors (Lipinski definition) is 2. The second-order valence-corrected chi connectivity index (χ2v) is 12.6. The lowest BCUT2D eigenvalue weighted by molar-refractivity contribution is -0.139. The van der Waals surface area contributed by atoms with Gasteiger partial charge in [0, 0.05) is 36.0 Å². The molecular weight excluding hydrogens is 640 g/mol. The average Bonchev–Trinajstić information content (AvgIpc) is 2.97. The molecule has 2 atom stereocenters.